The molecule has 0 aliphatic carbocycles. The van der Waals surface area contributed by atoms with Gasteiger partial charge in [-0.05, 0) is 18.6 Å². The average molecular weight is 310 g/mol. The first-order valence-electron chi connectivity index (χ1n) is 6.36. The minimum absolute atomic E-state index is 0.0507. The van der Waals surface area contributed by atoms with Gasteiger partial charge in [0.25, 0.3) is 10.1 Å². The van der Waals surface area contributed by atoms with E-state index in [0.717, 1.165) is 11.0 Å². The molecule has 0 atom stereocenters. The Morgan fingerprint density at radius 1 is 1.24 bits per heavy atom. The van der Waals surface area contributed by atoms with Gasteiger partial charge >= 0.3 is 5.97 Å². The Kier molecular flexibility index (Phi) is 6.84. The average Bonchev–Trinajstić information content (AvgIpc) is 2.45. The Morgan fingerprint density at radius 3 is 2.52 bits per heavy atom. The van der Waals surface area contributed by atoms with E-state index in [2.05, 4.69) is 6.58 Å². The molecule has 0 aliphatic heterocycles. The second kappa shape index (κ2) is 8.39. The lowest BCUT2D eigenvalue weighted by molar-refractivity contribution is -0.139. The lowest BCUT2D eigenvalue weighted by atomic mass is 10.2. The molecule has 0 saturated heterocycles. The van der Waals surface area contributed by atoms with Crippen LogP contribution in [0.5, 0.6) is 0 Å². The van der Waals surface area contributed by atoms with Crippen LogP contribution >= 0.6 is 0 Å². The normalized spacial score (nSPS) is 11.5. The predicted octanol–water partition coefficient (Wildman–Crippen LogP) is 2.51. The van der Waals surface area contributed by atoms with Crippen LogP contribution in [0.25, 0.3) is 6.08 Å². The maximum absolute atomic E-state index is 11.6. The Labute approximate surface area is 125 Å². The fraction of sp³-hybridized carbons (Fsp3) is 0.267. The predicted molar refractivity (Wildman–Crippen MR) is 80.7 cm³/mol. The zero-order chi connectivity index (χ0) is 15.7. The van der Waals surface area contributed by atoms with Crippen LogP contribution in [0.4, 0.5) is 0 Å². The van der Waals surface area contributed by atoms with Crippen molar-refractivity contribution >= 4 is 22.2 Å². The highest BCUT2D eigenvalue weighted by molar-refractivity contribution is 7.89. The molecule has 0 amide bonds. The molecule has 1 rings (SSSR count). The topological polar surface area (TPSA) is 69.7 Å². The van der Waals surface area contributed by atoms with Crippen molar-refractivity contribution < 1.29 is 22.1 Å². The summed E-state index contributed by atoms with van der Waals surface area (Å²) in [5.74, 6) is -0.498. The number of hydrogen-bond acceptors (Lipinski definition) is 5. The molecule has 0 bridgehead atoms. The Bertz CT molecular complexity index is 602. The highest BCUT2D eigenvalue weighted by Crippen LogP contribution is 2.05. The van der Waals surface area contributed by atoms with Crippen LogP contribution in [0.3, 0.4) is 0 Å². The summed E-state index contributed by atoms with van der Waals surface area (Å²) in [4.78, 5) is 11.1. The molecule has 1 aromatic carbocycles. The minimum atomic E-state index is -3.74. The molecular weight excluding hydrogens is 292 g/mol. The van der Waals surface area contributed by atoms with E-state index in [4.69, 9.17) is 8.92 Å². The van der Waals surface area contributed by atoms with Crippen LogP contribution in [-0.2, 0) is 23.8 Å². The minimum Gasteiger partial charge on any atom is -0.462 e. The first-order chi connectivity index (χ1) is 9.91. The summed E-state index contributed by atoms with van der Waals surface area (Å²) in [5, 5.41) is 1.00. The zero-order valence-corrected chi connectivity index (χ0v) is 12.6. The molecule has 0 saturated carbocycles. The van der Waals surface area contributed by atoms with Crippen molar-refractivity contribution in [2.75, 3.05) is 13.2 Å². The second-order valence-corrected chi connectivity index (χ2v) is 5.79. The molecule has 0 N–H and O–H groups in total. The van der Waals surface area contributed by atoms with Gasteiger partial charge in [0.05, 0.1) is 18.6 Å². The smallest absolute Gasteiger partial charge is 0.333 e. The summed E-state index contributed by atoms with van der Waals surface area (Å²) in [6.45, 7) is 5.01. The molecule has 1 aromatic rings. The van der Waals surface area contributed by atoms with Crippen molar-refractivity contribution in [3.63, 3.8) is 0 Å². The van der Waals surface area contributed by atoms with Crippen LogP contribution in [-0.4, -0.2) is 27.6 Å². The monoisotopic (exact) mass is 310 g/mol. The Balaban J connectivity index is 2.32. The number of hydrogen-bond donors (Lipinski definition) is 0. The van der Waals surface area contributed by atoms with Crippen molar-refractivity contribution in [2.24, 2.45) is 0 Å². The van der Waals surface area contributed by atoms with Gasteiger partial charge in [-0.3, -0.25) is 4.18 Å². The summed E-state index contributed by atoms with van der Waals surface area (Å²) in [5.41, 5.74) is 1.06. The molecule has 5 nitrogen and oxygen atoms in total. The quantitative estimate of drug-likeness (QED) is 0.319. The third kappa shape index (κ3) is 7.43. The van der Waals surface area contributed by atoms with E-state index in [1.54, 1.807) is 12.1 Å². The number of carbonyl (C=O) groups excluding carboxylic acids is 1. The second-order valence-electron chi connectivity index (χ2n) is 4.30. The largest absolute Gasteiger partial charge is 0.462 e. The van der Waals surface area contributed by atoms with Crippen molar-refractivity contribution in [1.29, 1.82) is 0 Å². The van der Waals surface area contributed by atoms with Crippen molar-refractivity contribution in [3.8, 4) is 0 Å². The molecule has 0 spiro atoms. The molecule has 6 heteroatoms. The van der Waals surface area contributed by atoms with E-state index >= 15 is 0 Å². The summed E-state index contributed by atoms with van der Waals surface area (Å²) in [6, 6.07) is 9.02. The van der Waals surface area contributed by atoms with E-state index in [-0.39, 0.29) is 19.6 Å². The third-order valence-corrected chi connectivity index (χ3v) is 3.31. The molecule has 0 aromatic heterocycles. The summed E-state index contributed by atoms with van der Waals surface area (Å²) < 4.78 is 32.7. The van der Waals surface area contributed by atoms with Gasteiger partial charge in [0.15, 0.2) is 0 Å². The molecule has 21 heavy (non-hydrogen) atoms. The van der Waals surface area contributed by atoms with E-state index in [9.17, 15) is 13.2 Å². The van der Waals surface area contributed by atoms with Gasteiger partial charge in [-0.1, -0.05) is 36.9 Å². The standard InChI is InChI=1S/C15H18O5S/c1-13(2)15(16)19-10-6-11-20-21(17,18)12-9-14-7-4-3-5-8-14/h3-5,7-9,12H,1,6,10-11H2,2H3. The molecule has 0 aliphatic rings. The van der Waals surface area contributed by atoms with Crippen molar-refractivity contribution in [1.82, 2.24) is 0 Å². The Hall–Kier alpha value is -1.92. The van der Waals surface area contributed by atoms with Crippen LogP contribution < -0.4 is 0 Å². The van der Waals surface area contributed by atoms with Gasteiger partial charge in [0.1, 0.15) is 0 Å². The summed E-state index contributed by atoms with van der Waals surface area (Å²) >= 11 is 0. The number of rotatable bonds is 8. The SMILES string of the molecule is C=C(C)C(=O)OCCCOS(=O)(=O)C=Cc1ccccc1. The van der Waals surface area contributed by atoms with E-state index < -0.39 is 16.1 Å². The molecule has 0 unspecified atom stereocenters. The van der Waals surface area contributed by atoms with Crippen LogP contribution in [0.1, 0.15) is 18.9 Å². The van der Waals surface area contributed by atoms with E-state index in [1.165, 1.54) is 13.0 Å². The fourth-order valence-corrected chi connectivity index (χ4v) is 2.04. The number of carbonyl (C=O) groups is 1. The molecule has 0 heterocycles. The highest BCUT2D eigenvalue weighted by atomic mass is 32.2. The Morgan fingerprint density at radius 2 is 1.90 bits per heavy atom. The highest BCUT2D eigenvalue weighted by Gasteiger charge is 2.07. The third-order valence-electron chi connectivity index (χ3n) is 2.34. The first kappa shape index (κ1) is 17.1. The fourth-order valence-electron chi connectivity index (χ4n) is 1.29. The zero-order valence-electron chi connectivity index (χ0n) is 11.8. The lowest BCUT2D eigenvalue weighted by Crippen LogP contribution is -2.10. The molecular formula is C15H18O5S. The lowest BCUT2D eigenvalue weighted by Gasteiger charge is -2.04. The van der Waals surface area contributed by atoms with E-state index in [1.807, 2.05) is 18.2 Å². The van der Waals surface area contributed by atoms with Gasteiger partial charge in [-0.15, -0.1) is 0 Å². The van der Waals surface area contributed by atoms with Gasteiger partial charge in [-0.25, -0.2) is 4.79 Å². The van der Waals surface area contributed by atoms with Gasteiger partial charge in [0, 0.05) is 12.0 Å². The summed E-state index contributed by atoms with van der Waals surface area (Å²) in [7, 11) is -3.74. The molecule has 0 fully saturated rings. The maximum atomic E-state index is 11.6. The summed E-state index contributed by atoms with van der Waals surface area (Å²) in [6.07, 6.45) is 1.74. The molecule has 114 valence electrons. The van der Waals surface area contributed by atoms with Crippen molar-refractivity contribution in [2.45, 2.75) is 13.3 Å². The van der Waals surface area contributed by atoms with Crippen LogP contribution in [0.15, 0.2) is 47.9 Å². The van der Waals surface area contributed by atoms with Crippen LogP contribution in [0, 0.1) is 0 Å². The van der Waals surface area contributed by atoms with Gasteiger partial charge in [0.2, 0.25) is 0 Å². The number of esters is 1. The molecule has 0 radical (unpaired) electrons. The van der Waals surface area contributed by atoms with Crippen molar-refractivity contribution in [3.05, 3.63) is 53.5 Å². The van der Waals surface area contributed by atoms with Crippen LogP contribution in [0.2, 0.25) is 0 Å². The first-order valence-corrected chi connectivity index (χ1v) is 7.83. The van der Waals surface area contributed by atoms with Gasteiger partial charge < -0.3 is 4.74 Å². The maximum Gasteiger partial charge on any atom is 0.333 e. The van der Waals surface area contributed by atoms with Gasteiger partial charge in [-0.2, -0.15) is 8.42 Å². The number of benzene rings is 1. The van der Waals surface area contributed by atoms with E-state index in [0.29, 0.717) is 5.57 Å². The number of ether oxygens (including phenoxy) is 1.